The summed E-state index contributed by atoms with van der Waals surface area (Å²) in [7, 11) is 0. The lowest BCUT2D eigenvalue weighted by atomic mass is 10.1. The standard InChI is InChI=1S/C12H12N2O3/c1-2-17-10(15)7-13-11-8-5-3-4-6-9(8)12(16)14-11/h3-6H,2,7H2,1H3,(H,13,14,16). The number of benzene rings is 1. The first-order valence-electron chi connectivity index (χ1n) is 5.33. The number of aliphatic imine (C=N–C) groups is 1. The number of esters is 1. The van der Waals surface area contributed by atoms with E-state index in [0.29, 0.717) is 18.0 Å². The predicted molar refractivity (Wildman–Crippen MR) is 61.9 cm³/mol. The number of fused-ring (bicyclic) bond motifs is 1. The predicted octanol–water partition coefficient (Wildman–Crippen LogP) is 0.740. The van der Waals surface area contributed by atoms with Crippen LogP contribution >= 0.6 is 0 Å². The van der Waals surface area contributed by atoms with Crippen LogP contribution in [-0.2, 0) is 9.53 Å². The van der Waals surface area contributed by atoms with Gasteiger partial charge in [0.1, 0.15) is 12.4 Å². The molecule has 5 nitrogen and oxygen atoms in total. The number of carbonyl (C=O) groups is 2. The lowest BCUT2D eigenvalue weighted by Crippen LogP contribution is -2.23. The molecule has 0 saturated heterocycles. The van der Waals surface area contributed by atoms with Crippen molar-refractivity contribution in [1.82, 2.24) is 5.32 Å². The molecule has 1 heterocycles. The van der Waals surface area contributed by atoms with Crippen LogP contribution in [0.1, 0.15) is 22.8 Å². The molecule has 0 atom stereocenters. The highest BCUT2D eigenvalue weighted by atomic mass is 16.5. The minimum atomic E-state index is -0.404. The first kappa shape index (κ1) is 11.3. The number of amidine groups is 1. The van der Waals surface area contributed by atoms with Crippen LogP contribution in [0.5, 0.6) is 0 Å². The van der Waals surface area contributed by atoms with Gasteiger partial charge in [0.05, 0.1) is 12.2 Å². The van der Waals surface area contributed by atoms with Gasteiger partial charge in [-0.2, -0.15) is 0 Å². The Hall–Kier alpha value is -2.17. The lowest BCUT2D eigenvalue weighted by molar-refractivity contribution is -0.141. The molecule has 0 aliphatic carbocycles. The number of hydrogen-bond acceptors (Lipinski definition) is 4. The molecular weight excluding hydrogens is 220 g/mol. The quantitative estimate of drug-likeness (QED) is 0.781. The number of ether oxygens (including phenoxy) is 1. The zero-order chi connectivity index (χ0) is 12.3. The molecule has 1 aromatic rings. The summed E-state index contributed by atoms with van der Waals surface area (Å²) in [6.07, 6.45) is 0. The Bertz CT molecular complexity index is 494. The van der Waals surface area contributed by atoms with Crippen LogP contribution in [-0.4, -0.2) is 30.9 Å². The highest BCUT2D eigenvalue weighted by Gasteiger charge is 2.24. The van der Waals surface area contributed by atoms with Crippen LogP contribution in [0.3, 0.4) is 0 Å². The topological polar surface area (TPSA) is 67.8 Å². The molecule has 1 aliphatic heterocycles. The molecule has 0 spiro atoms. The van der Waals surface area contributed by atoms with E-state index in [1.165, 1.54) is 0 Å². The van der Waals surface area contributed by atoms with Gasteiger partial charge in [0.15, 0.2) is 0 Å². The summed E-state index contributed by atoms with van der Waals surface area (Å²) in [6, 6.07) is 7.11. The zero-order valence-corrected chi connectivity index (χ0v) is 9.40. The summed E-state index contributed by atoms with van der Waals surface area (Å²) in [5.74, 6) is -0.166. The first-order chi connectivity index (χ1) is 8.22. The lowest BCUT2D eigenvalue weighted by Gasteiger charge is -2.00. The Labute approximate surface area is 98.5 Å². The second-order valence-corrected chi connectivity index (χ2v) is 3.47. The van der Waals surface area contributed by atoms with Crippen molar-refractivity contribution in [2.24, 2.45) is 4.99 Å². The number of nitrogens with zero attached hydrogens (tertiary/aromatic N) is 1. The molecule has 0 aromatic heterocycles. The third-order valence-electron chi connectivity index (χ3n) is 2.33. The molecule has 0 saturated carbocycles. The molecule has 1 amide bonds. The maximum absolute atomic E-state index is 11.5. The summed E-state index contributed by atoms with van der Waals surface area (Å²) in [5.41, 5.74) is 1.30. The van der Waals surface area contributed by atoms with Gasteiger partial charge >= 0.3 is 5.97 Å². The minimum absolute atomic E-state index is 0.0855. The Morgan fingerprint density at radius 3 is 2.76 bits per heavy atom. The van der Waals surface area contributed by atoms with Crippen molar-refractivity contribution in [2.45, 2.75) is 6.92 Å². The fourth-order valence-electron chi connectivity index (χ4n) is 1.60. The van der Waals surface area contributed by atoms with Crippen molar-refractivity contribution in [1.29, 1.82) is 0 Å². The fraction of sp³-hybridized carbons (Fsp3) is 0.250. The van der Waals surface area contributed by atoms with Gasteiger partial charge in [0, 0.05) is 5.56 Å². The molecule has 1 aliphatic rings. The molecule has 5 heteroatoms. The van der Waals surface area contributed by atoms with Gasteiger partial charge in [-0.1, -0.05) is 18.2 Å². The van der Waals surface area contributed by atoms with Crippen LogP contribution in [0.2, 0.25) is 0 Å². The maximum atomic E-state index is 11.5. The van der Waals surface area contributed by atoms with Gasteiger partial charge in [-0.3, -0.25) is 14.6 Å². The van der Waals surface area contributed by atoms with E-state index in [1.54, 1.807) is 25.1 Å². The summed E-state index contributed by atoms with van der Waals surface area (Å²) in [5, 5.41) is 2.62. The Morgan fingerprint density at radius 2 is 2.06 bits per heavy atom. The van der Waals surface area contributed by atoms with E-state index in [0.717, 1.165) is 5.56 Å². The molecule has 0 bridgehead atoms. The summed E-state index contributed by atoms with van der Waals surface area (Å²) in [6.45, 7) is 1.97. The van der Waals surface area contributed by atoms with Crippen molar-refractivity contribution < 1.29 is 14.3 Å². The fourth-order valence-corrected chi connectivity index (χ4v) is 1.60. The Kier molecular flexibility index (Phi) is 3.18. The number of carbonyl (C=O) groups excluding carboxylic acids is 2. The van der Waals surface area contributed by atoms with E-state index in [-0.39, 0.29) is 12.5 Å². The molecule has 1 N–H and O–H groups in total. The zero-order valence-electron chi connectivity index (χ0n) is 9.40. The molecule has 2 rings (SSSR count). The van der Waals surface area contributed by atoms with E-state index >= 15 is 0 Å². The van der Waals surface area contributed by atoms with Crippen molar-refractivity contribution in [2.75, 3.05) is 13.2 Å². The molecule has 0 fully saturated rings. The summed E-state index contributed by atoms with van der Waals surface area (Å²) in [4.78, 5) is 26.7. The van der Waals surface area contributed by atoms with Crippen LogP contribution in [0.4, 0.5) is 0 Å². The summed E-state index contributed by atoms with van der Waals surface area (Å²) >= 11 is 0. The first-order valence-corrected chi connectivity index (χ1v) is 5.33. The largest absolute Gasteiger partial charge is 0.465 e. The molecule has 17 heavy (non-hydrogen) atoms. The van der Waals surface area contributed by atoms with Crippen LogP contribution < -0.4 is 5.32 Å². The van der Waals surface area contributed by atoms with Crippen molar-refractivity contribution >= 4 is 17.7 Å². The van der Waals surface area contributed by atoms with Crippen molar-refractivity contribution in [3.05, 3.63) is 35.4 Å². The van der Waals surface area contributed by atoms with Crippen LogP contribution in [0, 0.1) is 0 Å². The molecule has 0 radical (unpaired) electrons. The average Bonchev–Trinajstić information content (AvgIpc) is 2.65. The minimum Gasteiger partial charge on any atom is -0.465 e. The number of hydrogen-bond donors (Lipinski definition) is 1. The van der Waals surface area contributed by atoms with Gasteiger partial charge < -0.3 is 10.1 Å². The van der Waals surface area contributed by atoms with Gasteiger partial charge in [-0.25, -0.2) is 0 Å². The second-order valence-electron chi connectivity index (χ2n) is 3.47. The average molecular weight is 232 g/mol. The summed E-state index contributed by atoms with van der Waals surface area (Å²) < 4.78 is 4.76. The van der Waals surface area contributed by atoms with E-state index in [9.17, 15) is 9.59 Å². The Balaban J connectivity index is 2.17. The van der Waals surface area contributed by atoms with E-state index in [4.69, 9.17) is 4.74 Å². The molecule has 0 unspecified atom stereocenters. The second kappa shape index (κ2) is 4.78. The van der Waals surface area contributed by atoms with Gasteiger partial charge in [0.25, 0.3) is 5.91 Å². The molecule has 88 valence electrons. The van der Waals surface area contributed by atoms with Crippen molar-refractivity contribution in [3.63, 3.8) is 0 Å². The van der Waals surface area contributed by atoms with Crippen LogP contribution in [0.25, 0.3) is 0 Å². The smallest absolute Gasteiger partial charge is 0.327 e. The van der Waals surface area contributed by atoms with Gasteiger partial charge in [-0.15, -0.1) is 0 Å². The molecule has 1 aromatic carbocycles. The van der Waals surface area contributed by atoms with E-state index in [2.05, 4.69) is 10.3 Å². The highest BCUT2D eigenvalue weighted by molar-refractivity contribution is 6.23. The van der Waals surface area contributed by atoms with Crippen molar-refractivity contribution in [3.8, 4) is 0 Å². The third-order valence-corrected chi connectivity index (χ3v) is 2.33. The third kappa shape index (κ3) is 2.33. The van der Waals surface area contributed by atoms with E-state index < -0.39 is 5.97 Å². The monoisotopic (exact) mass is 232 g/mol. The van der Waals surface area contributed by atoms with E-state index in [1.807, 2.05) is 6.07 Å². The Morgan fingerprint density at radius 1 is 1.35 bits per heavy atom. The maximum Gasteiger partial charge on any atom is 0.327 e. The van der Waals surface area contributed by atoms with Gasteiger partial charge in [0.2, 0.25) is 0 Å². The molecular formula is C12H12N2O3. The normalized spacial score (nSPS) is 15.6. The SMILES string of the molecule is CCOC(=O)CN=C1NC(=O)c2ccccc21. The van der Waals surface area contributed by atoms with Crippen LogP contribution in [0.15, 0.2) is 29.3 Å². The number of nitrogens with one attached hydrogen (secondary N) is 1. The highest BCUT2D eigenvalue weighted by Crippen LogP contribution is 2.15. The number of rotatable bonds is 3. The number of amides is 1. The van der Waals surface area contributed by atoms with Gasteiger partial charge in [-0.05, 0) is 13.0 Å².